The van der Waals surface area contributed by atoms with Crippen LogP contribution in [0, 0.1) is 0 Å². The number of carbonyl (C=O) groups excluding carboxylic acids is 1. The van der Waals surface area contributed by atoms with E-state index in [9.17, 15) is 4.79 Å². The molecule has 120 valence electrons. The minimum Gasteiger partial charge on any atom is -0.425 e. The molecule has 7 rings (SSSR count). The van der Waals surface area contributed by atoms with E-state index in [1.807, 2.05) is 30.3 Å². The molecular weight excluding hydrogens is 308 g/mol. The number of benzene rings is 3. The zero-order valence-corrected chi connectivity index (χ0v) is 13.6. The highest BCUT2D eigenvalue weighted by Crippen LogP contribution is 2.63. The van der Waals surface area contributed by atoms with Gasteiger partial charge in [0.15, 0.2) is 0 Å². The van der Waals surface area contributed by atoms with Crippen LogP contribution in [0.5, 0.6) is 5.75 Å². The normalized spacial score (nSPS) is 27.6. The molecule has 4 aliphatic rings. The molecule has 3 bridgehead atoms. The van der Waals surface area contributed by atoms with E-state index in [4.69, 9.17) is 4.74 Å². The highest BCUT2D eigenvalue weighted by atomic mass is 16.5. The van der Waals surface area contributed by atoms with Gasteiger partial charge in [0.25, 0.3) is 0 Å². The van der Waals surface area contributed by atoms with Gasteiger partial charge in [-0.2, -0.15) is 0 Å². The fourth-order valence-electron chi connectivity index (χ4n) is 5.39. The summed E-state index contributed by atoms with van der Waals surface area (Å²) in [7, 11) is 0. The predicted molar refractivity (Wildman–Crippen MR) is 94.9 cm³/mol. The Kier molecular flexibility index (Phi) is 2.36. The first-order chi connectivity index (χ1) is 12.3. The minimum atomic E-state index is -0.689. The maximum absolute atomic E-state index is 13.5. The third-order valence-corrected chi connectivity index (χ3v) is 6.31. The highest BCUT2D eigenvalue weighted by molar-refractivity contribution is 5.94. The number of carbonyl (C=O) groups is 1. The molecule has 0 radical (unpaired) electrons. The van der Waals surface area contributed by atoms with E-state index < -0.39 is 5.41 Å². The molecule has 0 N–H and O–H groups in total. The van der Waals surface area contributed by atoms with Gasteiger partial charge in [-0.25, -0.2) is 0 Å². The average molecular weight is 324 g/mol. The summed E-state index contributed by atoms with van der Waals surface area (Å²) in [5.41, 5.74) is 5.30. The van der Waals surface area contributed by atoms with Crippen LogP contribution in [-0.4, -0.2) is 5.97 Å². The summed E-state index contributed by atoms with van der Waals surface area (Å²) in [6.07, 6.45) is 0.793. The lowest BCUT2D eigenvalue weighted by Gasteiger charge is -2.50. The average Bonchev–Trinajstić information content (AvgIpc) is 2.76. The van der Waals surface area contributed by atoms with Crippen molar-refractivity contribution in [2.45, 2.75) is 23.7 Å². The Bertz CT molecular complexity index is 1000. The number of ether oxygens (including phenoxy) is 1. The van der Waals surface area contributed by atoms with Crippen molar-refractivity contribution < 1.29 is 9.53 Å². The van der Waals surface area contributed by atoms with E-state index in [0.717, 1.165) is 28.9 Å². The molecule has 3 aromatic rings. The number of rotatable bonds is 0. The van der Waals surface area contributed by atoms with Crippen LogP contribution in [0.1, 0.15) is 46.1 Å². The van der Waals surface area contributed by atoms with Gasteiger partial charge in [-0.05, 0) is 40.3 Å². The molecule has 25 heavy (non-hydrogen) atoms. The number of hydrogen-bond acceptors (Lipinski definition) is 2. The zero-order chi connectivity index (χ0) is 16.6. The first-order valence-electron chi connectivity index (χ1n) is 8.81. The van der Waals surface area contributed by atoms with Crippen LogP contribution >= 0.6 is 0 Å². The largest absolute Gasteiger partial charge is 0.425 e. The summed E-state index contributed by atoms with van der Waals surface area (Å²) in [5.74, 6) is 1.14. The van der Waals surface area contributed by atoms with Crippen LogP contribution < -0.4 is 4.74 Å². The summed E-state index contributed by atoms with van der Waals surface area (Å²) in [5, 5.41) is 0. The number of esters is 1. The first-order valence-corrected chi connectivity index (χ1v) is 8.81. The fraction of sp³-hybridized carbons (Fsp3) is 0.174. The van der Waals surface area contributed by atoms with Crippen LogP contribution in [0.15, 0.2) is 72.8 Å². The van der Waals surface area contributed by atoms with Crippen molar-refractivity contribution in [2.24, 2.45) is 0 Å². The Morgan fingerprint density at radius 3 is 2.00 bits per heavy atom. The predicted octanol–water partition coefficient (Wildman–Crippen LogP) is 4.52. The molecule has 0 aromatic heterocycles. The van der Waals surface area contributed by atoms with Crippen LogP contribution in [0.25, 0.3) is 0 Å². The fourth-order valence-corrected chi connectivity index (χ4v) is 5.39. The maximum atomic E-state index is 13.5. The Labute approximate surface area is 146 Å². The lowest BCUT2D eigenvalue weighted by molar-refractivity contribution is -0.139. The molecule has 0 fully saturated rings. The van der Waals surface area contributed by atoms with Crippen molar-refractivity contribution in [3.05, 3.63) is 101 Å². The second-order valence-electron chi connectivity index (χ2n) is 7.30. The molecule has 1 unspecified atom stereocenters. The van der Waals surface area contributed by atoms with E-state index >= 15 is 0 Å². The van der Waals surface area contributed by atoms with Crippen molar-refractivity contribution >= 4 is 5.97 Å². The van der Waals surface area contributed by atoms with E-state index in [0.29, 0.717) is 0 Å². The van der Waals surface area contributed by atoms with Gasteiger partial charge in [-0.15, -0.1) is 0 Å². The van der Waals surface area contributed by atoms with Gasteiger partial charge in [0.2, 0.25) is 0 Å². The number of para-hydroxylation sites is 1. The van der Waals surface area contributed by atoms with Crippen molar-refractivity contribution in [3.8, 4) is 5.75 Å². The van der Waals surface area contributed by atoms with E-state index in [1.54, 1.807) is 0 Å². The Morgan fingerprint density at radius 2 is 1.32 bits per heavy atom. The van der Waals surface area contributed by atoms with Crippen molar-refractivity contribution in [2.75, 3.05) is 0 Å². The van der Waals surface area contributed by atoms with Crippen molar-refractivity contribution in [1.82, 2.24) is 0 Å². The SMILES string of the molecule is O=C1Oc2ccccc2C2CC13c1ccccc1C2c1ccccc13. The van der Waals surface area contributed by atoms with Gasteiger partial charge in [-0.3, -0.25) is 4.79 Å². The second kappa shape index (κ2) is 4.40. The lowest BCUT2D eigenvalue weighted by Crippen LogP contribution is -2.49. The zero-order valence-electron chi connectivity index (χ0n) is 13.6. The van der Waals surface area contributed by atoms with Gasteiger partial charge in [0, 0.05) is 11.8 Å². The summed E-state index contributed by atoms with van der Waals surface area (Å²) >= 11 is 0. The molecule has 2 nitrogen and oxygen atoms in total. The maximum Gasteiger partial charge on any atom is 0.326 e. The summed E-state index contributed by atoms with van der Waals surface area (Å²) in [6, 6.07) is 24.9. The third kappa shape index (κ3) is 1.45. The van der Waals surface area contributed by atoms with Crippen molar-refractivity contribution in [1.29, 1.82) is 0 Å². The molecule has 2 heteroatoms. The Balaban J connectivity index is 1.78. The molecule has 3 aliphatic carbocycles. The van der Waals surface area contributed by atoms with Gasteiger partial charge in [0.05, 0.1) is 0 Å². The third-order valence-electron chi connectivity index (χ3n) is 6.31. The smallest absolute Gasteiger partial charge is 0.326 e. The molecule has 1 aliphatic heterocycles. The van der Waals surface area contributed by atoms with Crippen LogP contribution in [0.2, 0.25) is 0 Å². The lowest BCUT2D eigenvalue weighted by atomic mass is 9.51. The summed E-state index contributed by atoms with van der Waals surface area (Å²) in [4.78, 5) is 13.5. The molecule has 1 heterocycles. The molecule has 1 atom stereocenters. The topological polar surface area (TPSA) is 26.3 Å². The molecular formula is C23H16O2. The van der Waals surface area contributed by atoms with Crippen molar-refractivity contribution in [3.63, 3.8) is 0 Å². The summed E-state index contributed by atoms with van der Waals surface area (Å²) < 4.78 is 5.97. The molecule has 1 spiro atoms. The standard InChI is InChI=1S/C23H16O2/c24-22-23-13-17(14-7-3-6-12-20(14)25-22)21(15-8-1-4-10-18(15)23)16-9-2-5-11-19(16)23/h1-12,17,21H,13H2. The minimum absolute atomic E-state index is 0.138. The second-order valence-corrected chi connectivity index (χ2v) is 7.30. The Hall–Kier alpha value is -2.87. The van der Waals surface area contributed by atoms with Gasteiger partial charge >= 0.3 is 5.97 Å². The van der Waals surface area contributed by atoms with Crippen LogP contribution in [-0.2, 0) is 10.2 Å². The molecule has 0 saturated heterocycles. The van der Waals surface area contributed by atoms with E-state index in [-0.39, 0.29) is 17.8 Å². The van der Waals surface area contributed by atoms with Gasteiger partial charge < -0.3 is 4.74 Å². The Morgan fingerprint density at radius 1 is 0.760 bits per heavy atom. The first kappa shape index (κ1) is 13.4. The van der Waals surface area contributed by atoms with Crippen LogP contribution in [0.3, 0.4) is 0 Å². The number of hydrogen-bond donors (Lipinski definition) is 0. The summed E-state index contributed by atoms with van der Waals surface area (Å²) in [6.45, 7) is 0. The van der Waals surface area contributed by atoms with E-state index in [2.05, 4.69) is 42.5 Å². The molecule has 3 aromatic carbocycles. The van der Waals surface area contributed by atoms with Gasteiger partial charge in [-0.1, -0.05) is 66.7 Å². The van der Waals surface area contributed by atoms with Crippen LogP contribution in [0.4, 0.5) is 0 Å². The molecule has 0 saturated carbocycles. The quantitative estimate of drug-likeness (QED) is 0.449. The monoisotopic (exact) mass is 324 g/mol. The highest BCUT2D eigenvalue weighted by Gasteiger charge is 2.59. The van der Waals surface area contributed by atoms with Gasteiger partial charge in [0.1, 0.15) is 11.2 Å². The van der Waals surface area contributed by atoms with E-state index in [1.165, 1.54) is 11.1 Å². The number of fused-ring (bicyclic) bond motifs is 1. The molecule has 0 amide bonds.